The lowest BCUT2D eigenvalue weighted by atomic mass is 10.1. The highest BCUT2D eigenvalue weighted by molar-refractivity contribution is 6.33. The molecule has 0 saturated carbocycles. The number of anilines is 2. The quantitative estimate of drug-likeness (QED) is 0.420. The van der Waals surface area contributed by atoms with Crippen LogP contribution in [-0.2, 0) is 19.8 Å². The molecule has 4 rings (SSSR count). The molecule has 0 fully saturated rings. The Hall–Kier alpha value is -3.38. The molecule has 4 heterocycles. The Labute approximate surface area is 196 Å². The van der Waals surface area contributed by atoms with E-state index in [1.165, 1.54) is 23.0 Å². The fraction of sp³-hybridized carbons (Fsp3) is 0.333. The van der Waals surface area contributed by atoms with Crippen LogP contribution in [0.25, 0.3) is 16.9 Å². The number of nitrogens with one attached hydrogen (secondary N) is 1. The minimum Gasteiger partial charge on any atom is -0.390 e. The highest BCUT2D eigenvalue weighted by atomic mass is 35.5. The number of rotatable bonds is 6. The molecule has 2 N–H and O–H groups in total. The number of hydrogen-bond acceptors (Lipinski definition) is 6. The van der Waals surface area contributed by atoms with Crippen molar-refractivity contribution in [3.05, 3.63) is 58.0 Å². The average Bonchev–Trinajstić information content (AvgIpc) is 3.32. The zero-order valence-electron chi connectivity index (χ0n) is 18.4. The molecule has 0 aliphatic carbocycles. The number of pyridine rings is 2. The predicted octanol–water partition coefficient (Wildman–Crippen LogP) is 3.89. The lowest BCUT2D eigenvalue weighted by molar-refractivity contribution is -0.141. The molecule has 0 aliphatic heterocycles. The van der Waals surface area contributed by atoms with Crippen molar-refractivity contribution in [2.75, 3.05) is 5.32 Å². The fourth-order valence-corrected chi connectivity index (χ4v) is 3.51. The molecule has 0 saturated heterocycles. The monoisotopic (exact) mass is 495 g/mol. The maximum Gasteiger partial charge on any atom is 0.435 e. The van der Waals surface area contributed by atoms with Crippen LogP contribution in [0, 0.1) is 0 Å². The minimum absolute atomic E-state index is 0.116. The summed E-state index contributed by atoms with van der Waals surface area (Å²) in [7, 11) is 1.63. The van der Waals surface area contributed by atoms with Crippen LogP contribution in [0.4, 0.5) is 24.7 Å². The molecule has 4 aromatic heterocycles. The first-order valence-electron chi connectivity index (χ1n) is 10.2. The van der Waals surface area contributed by atoms with E-state index in [1.54, 1.807) is 31.5 Å². The molecule has 0 aromatic carbocycles. The van der Waals surface area contributed by atoms with Gasteiger partial charge in [0.15, 0.2) is 11.5 Å². The number of hydrogen-bond donors (Lipinski definition) is 2. The molecule has 0 bridgehead atoms. The summed E-state index contributed by atoms with van der Waals surface area (Å²) in [5.74, 6) is 0.468. The van der Waals surface area contributed by atoms with E-state index >= 15 is 0 Å². The van der Waals surface area contributed by atoms with E-state index in [1.807, 2.05) is 0 Å². The molecule has 0 unspecified atom stereocenters. The first-order chi connectivity index (χ1) is 15.8. The Bertz CT molecular complexity index is 1420. The molecule has 4 aromatic rings. The second-order valence-electron chi connectivity index (χ2n) is 8.40. The van der Waals surface area contributed by atoms with Gasteiger partial charge >= 0.3 is 11.9 Å². The molecular formula is C21H21ClF3N7O2. The van der Waals surface area contributed by atoms with Gasteiger partial charge in [0.05, 0.1) is 39.7 Å². The van der Waals surface area contributed by atoms with E-state index in [0.29, 0.717) is 35.5 Å². The van der Waals surface area contributed by atoms with E-state index in [4.69, 9.17) is 11.6 Å². The van der Waals surface area contributed by atoms with Crippen molar-refractivity contribution >= 4 is 34.1 Å². The van der Waals surface area contributed by atoms with Crippen LogP contribution in [-0.4, -0.2) is 39.6 Å². The summed E-state index contributed by atoms with van der Waals surface area (Å²) in [4.78, 5) is 21.0. The van der Waals surface area contributed by atoms with Gasteiger partial charge in [-0.15, -0.1) is 0 Å². The van der Waals surface area contributed by atoms with Gasteiger partial charge in [-0.05, 0) is 26.3 Å². The largest absolute Gasteiger partial charge is 0.435 e. The van der Waals surface area contributed by atoms with E-state index in [9.17, 15) is 23.1 Å². The number of halogens is 4. The van der Waals surface area contributed by atoms with Crippen molar-refractivity contribution in [2.45, 2.75) is 38.6 Å². The topological polar surface area (TPSA) is 103 Å². The van der Waals surface area contributed by atoms with Crippen molar-refractivity contribution in [1.82, 2.24) is 28.9 Å². The van der Waals surface area contributed by atoms with E-state index in [0.717, 1.165) is 16.9 Å². The van der Waals surface area contributed by atoms with Gasteiger partial charge in [-0.2, -0.15) is 18.3 Å². The molecule has 0 spiro atoms. The number of fused-ring (bicyclic) bond motifs is 1. The molecule has 0 aliphatic rings. The van der Waals surface area contributed by atoms with Crippen molar-refractivity contribution in [1.29, 1.82) is 0 Å². The van der Waals surface area contributed by atoms with E-state index in [-0.39, 0.29) is 16.5 Å². The summed E-state index contributed by atoms with van der Waals surface area (Å²) >= 11 is 6.24. The fourth-order valence-electron chi connectivity index (χ4n) is 3.36. The summed E-state index contributed by atoms with van der Waals surface area (Å²) in [6, 6.07) is 3.95. The lowest BCUT2D eigenvalue weighted by Crippen LogP contribution is -2.27. The second kappa shape index (κ2) is 8.44. The molecule has 180 valence electrons. The predicted molar refractivity (Wildman–Crippen MR) is 121 cm³/mol. The van der Waals surface area contributed by atoms with Crippen molar-refractivity contribution < 1.29 is 18.3 Å². The van der Waals surface area contributed by atoms with Crippen LogP contribution >= 0.6 is 11.6 Å². The third-order valence-electron chi connectivity index (χ3n) is 5.20. The standard InChI is InChI=1S/C21H21ClF3N7O2/c1-20(2,34)5-7-31-14-9-17(26-11-15(14)30(3)19(31)33)28-13-8-18(27-10-12(13)22)32-6-4-16(29-32)21(23,24)25/h4,6,8-11,34H,5,7H2,1-3H3,(H,26,27,28). The van der Waals surface area contributed by atoms with Crippen LogP contribution in [0.15, 0.2) is 41.6 Å². The zero-order valence-corrected chi connectivity index (χ0v) is 19.2. The van der Waals surface area contributed by atoms with Gasteiger partial charge < -0.3 is 10.4 Å². The number of aliphatic hydroxyl groups is 1. The Morgan fingerprint density at radius 3 is 2.53 bits per heavy atom. The van der Waals surface area contributed by atoms with Crippen LogP contribution in [0.2, 0.25) is 5.02 Å². The van der Waals surface area contributed by atoms with Crippen molar-refractivity contribution in [3.63, 3.8) is 0 Å². The molecular weight excluding hydrogens is 475 g/mol. The third-order valence-corrected chi connectivity index (χ3v) is 5.50. The number of aromatic nitrogens is 6. The SMILES string of the molecule is Cn1c(=O)n(CCC(C)(C)O)c2cc(Nc3cc(-n4ccc(C(F)(F)F)n4)ncc3Cl)ncc21. The lowest BCUT2D eigenvalue weighted by Gasteiger charge is -2.17. The average molecular weight is 496 g/mol. The molecule has 0 radical (unpaired) electrons. The number of aryl methyl sites for hydroxylation is 2. The van der Waals surface area contributed by atoms with Gasteiger partial charge in [0.25, 0.3) is 0 Å². The van der Waals surface area contributed by atoms with Gasteiger partial charge in [-0.3, -0.25) is 9.13 Å². The van der Waals surface area contributed by atoms with Gasteiger partial charge in [0, 0.05) is 31.9 Å². The molecule has 0 atom stereocenters. The molecule has 13 heteroatoms. The Balaban J connectivity index is 1.68. The smallest absolute Gasteiger partial charge is 0.390 e. The Kier molecular flexibility index (Phi) is 5.90. The van der Waals surface area contributed by atoms with Gasteiger partial charge in [-0.1, -0.05) is 11.6 Å². The summed E-state index contributed by atoms with van der Waals surface area (Å²) < 4.78 is 42.6. The van der Waals surface area contributed by atoms with Gasteiger partial charge in [0.1, 0.15) is 5.82 Å². The van der Waals surface area contributed by atoms with Gasteiger partial charge in [-0.25, -0.2) is 19.4 Å². The molecule has 9 nitrogen and oxygen atoms in total. The van der Waals surface area contributed by atoms with Crippen LogP contribution in [0.3, 0.4) is 0 Å². The Morgan fingerprint density at radius 1 is 1.15 bits per heavy atom. The molecule has 34 heavy (non-hydrogen) atoms. The summed E-state index contributed by atoms with van der Waals surface area (Å²) in [6.45, 7) is 3.63. The van der Waals surface area contributed by atoms with E-state index < -0.39 is 17.5 Å². The van der Waals surface area contributed by atoms with Crippen molar-refractivity contribution in [2.24, 2.45) is 7.05 Å². The first kappa shape index (κ1) is 23.8. The van der Waals surface area contributed by atoms with Crippen LogP contribution in [0.1, 0.15) is 26.0 Å². The minimum atomic E-state index is -4.57. The van der Waals surface area contributed by atoms with Gasteiger partial charge in [0.2, 0.25) is 0 Å². The highest BCUT2D eigenvalue weighted by Gasteiger charge is 2.33. The summed E-state index contributed by atoms with van der Waals surface area (Å²) in [6.07, 6.45) is -0.249. The normalized spacial score (nSPS) is 12.5. The highest BCUT2D eigenvalue weighted by Crippen LogP contribution is 2.30. The van der Waals surface area contributed by atoms with Crippen molar-refractivity contribution in [3.8, 4) is 5.82 Å². The van der Waals surface area contributed by atoms with E-state index in [2.05, 4.69) is 20.4 Å². The van der Waals surface area contributed by atoms with Crippen LogP contribution < -0.4 is 11.0 Å². The maximum atomic E-state index is 12.9. The number of alkyl halides is 3. The Morgan fingerprint density at radius 2 is 1.88 bits per heavy atom. The third kappa shape index (κ3) is 4.77. The number of nitrogens with zero attached hydrogens (tertiary/aromatic N) is 6. The molecule has 0 amide bonds. The maximum absolute atomic E-state index is 12.9. The summed E-state index contributed by atoms with van der Waals surface area (Å²) in [5, 5.41) is 16.8. The number of imidazole rings is 1. The second-order valence-corrected chi connectivity index (χ2v) is 8.81. The summed E-state index contributed by atoms with van der Waals surface area (Å²) in [5.41, 5.74) is -0.704. The van der Waals surface area contributed by atoms with Crippen LogP contribution in [0.5, 0.6) is 0 Å². The first-order valence-corrected chi connectivity index (χ1v) is 10.5. The zero-order chi connectivity index (χ0) is 24.8.